The molecule has 0 spiro atoms. The zero-order valence-electron chi connectivity index (χ0n) is 16.6. The molecule has 8 nitrogen and oxygen atoms in total. The molecule has 2 heterocycles. The number of aryl methyl sites for hydroxylation is 2. The highest BCUT2D eigenvalue weighted by Gasteiger charge is 2.26. The number of nitrogens with one attached hydrogen (secondary N) is 1. The fourth-order valence-electron chi connectivity index (χ4n) is 3.53. The lowest BCUT2D eigenvalue weighted by atomic mass is 10.0. The number of likely N-dealkylation sites (tertiary alicyclic amines) is 1. The van der Waals surface area contributed by atoms with E-state index in [4.69, 9.17) is 4.74 Å². The highest BCUT2D eigenvalue weighted by Crippen LogP contribution is 2.23. The average Bonchev–Trinajstić information content (AvgIpc) is 3.17. The number of ether oxygens (including phenoxy) is 1. The molecular weight excluding hydrogens is 358 g/mol. The van der Waals surface area contributed by atoms with Crippen molar-refractivity contribution in [1.29, 1.82) is 0 Å². The van der Waals surface area contributed by atoms with E-state index in [1.807, 2.05) is 30.9 Å². The van der Waals surface area contributed by atoms with Crippen LogP contribution in [0.5, 0.6) is 0 Å². The number of hydrogen-bond donors (Lipinski definition) is 1. The van der Waals surface area contributed by atoms with Gasteiger partial charge in [0, 0.05) is 32.3 Å². The highest BCUT2D eigenvalue weighted by atomic mass is 16.5. The van der Waals surface area contributed by atoms with Crippen molar-refractivity contribution in [3.8, 4) is 0 Å². The van der Waals surface area contributed by atoms with Crippen LogP contribution in [-0.2, 0) is 4.74 Å². The minimum Gasteiger partial charge on any atom is -0.383 e. The lowest BCUT2D eigenvalue weighted by Gasteiger charge is -2.32. The molecule has 0 bridgehead atoms. The molecule has 150 valence electrons. The largest absolute Gasteiger partial charge is 0.383 e. The first-order chi connectivity index (χ1) is 13.5. The summed E-state index contributed by atoms with van der Waals surface area (Å²) >= 11 is 0. The smallest absolute Gasteiger partial charge is 0.273 e. The third-order valence-corrected chi connectivity index (χ3v) is 4.93. The Morgan fingerprint density at radius 2 is 1.86 bits per heavy atom. The van der Waals surface area contributed by atoms with E-state index in [9.17, 15) is 9.59 Å². The first-order valence-electron chi connectivity index (χ1n) is 9.54. The topological polar surface area (TPSA) is 89.4 Å². The minimum absolute atomic E-state index is 0.0713. The second-order valence-electron chi connectivity index (χ2n) is 7.23. The number of carbonyl (C=O) groups is 2. The highest BCUT2D eigenvalue weighted by molar-refractivity contribution is 5.94. The standard InChI is InChI=1S/C20H27N5O3/c1-14-10-15(2)12-16(11-14)20(27)24-7-4-17(5-8-24)25-13-18(22-23-25)19(26)21-6-9-28-3/h10-13,17H,4-9H2,1-3H3,(H,21,26). The van der Waals surface area contributed by atoms with Crippen molar-refractivity contribution in [3.63, 3.8) is 0 Å². The number of methoxy groups -OCH3 is 1. The van der Waals surface area contributed by atoms with E-state index in [1.165, 1.54) is 0 Å². The van der Waals surface area contributed by atoms with E-state index in [2.05, 4.69) is 21.7 Å². The Kier molecular flexibility index (Phi) is 6.41. The Balaban J connectivity index is 1.57. The lowest BCUT2D eigenvalue weighted by Crippen LogP contribution is -2.39. The number of benzene rings is 1. The van der Waals surface area contributed by atoms with Crippen molar-refractivity contribution in [2.45, 2.75) is 32.7 Å². The molecule has 1 N–H and O–H groups in total. The van der Waals surface area contributed by atoms with Crippen molar-refractivity contribution >= 4 is 11.8 Å². The Labute approximate surface area is 164 Å². The fourth-order valence-corrected chi connectivity index (χ4v) is 3.53. The Morgan fingerprint density at radius 3 is 2.50 bits per heavy atom. The van der Waals surface area contributed by atoms with Gasteiger partial charge in [0.1, 0.15) is 0 Å². The Bertz CT molecular complexity index is 820. The van der Waals surface area contributed by atoms with Gasteiger partial charge >= 0.3 is 0 Å². The quantitative estimate of drug-likeness (QED) is 0.765. The van der Waals surface area contributed by atoms with Crippen LogP contribution in [0.1, 0.15) is 50.9 Å². The maximum Gasteiger partial charge on any atom is 0.273 e. The molecule has 0 aliphatic carbocycles. The SMILES string of the molecule is COCCNC(=O)c1cn(C2CCN(C(=O)c3cc(C)cc(C)c3)CC2)nn1. The molecule has 1 aliphatic heterocycles. The zero-order valence-corrected chi connectivity index (χ0v) is 16.6. The van der Waals surface area contributed by atoms with Crippen LogP contribution >= 0.6 is 0 Å². The van der Waals surface area contributed by atoms with Crippen LogP contribution in [0.3, 0.4) is 0 Å². The number of nitrogens with zero attached hydrogens (tertiary/aromatic N) is 4. The molecule has 2 aromatic rings. The number of amides is 2. The normalized spacial score (nSPS) is 14.9. The molecule has 1 saturated heterocycles. The van der Waals surface area contributed by atoms with Crippen molar-refractivity contribution < 1.29 is 14.3 Å². The van der Waals surface area contributed by atoms with Gasteiger partial charge in [-0.25, -0.2) is 4.68 Å². The second kappa shape index (κ2) is 8.97. The first kappa shape index (κ1) is 20.0. The van der Waals surface area contributed by atoms with Crippen LogP contribution in [0.4, 0.5) is 0 Å². The van der Waals surface area contributed by atoms with E-state index in [0.717, 1.165) is 29.5 Å². The van der Waals surface area contributed by atoms with E-state index < -0.39 is 0 Å². The molecule has 2 amide bonds. The van der Waals surface area contributed by atoms with Gasteiger partial charge in [-0.2, -0.15) is 0 Å². The average molecular weight is 385 g/mol. The summed E-state index contributed by atoms with van der Waals surface area (Å²) in [4.78, 5) is 26.7. The van der Waals surface area contributed by atoms with Crippen LogP contribution in [0.2, 0.25) is 0 Å². The second-order valence-corrected chi connectivity index (χ2v) is 7.23. The summed E-state index contributed by atoms with van der Waals surface area (Å²) in [6.45, 7) is 6.21. The molecule has 0 unspecified atom stereocenters. The van der Waals surface area contributed by atoms with Gasteiger partial charge < -0.3 is 15.0 Å². The molecule has 0 saturated carbocycles. The maximum absolute atomic E-state index is 12.8. The van der Waals surface area contributed by atoms with Crippen LogP contribution < -0.4 is 5.32 Å². The molecule has 0 atom stereocenters. The van der Waals surface area contributed by atoms with Crippen LogP contribution in [-0.4, -0.2) is 65.1 Å². The Hall–Kier alpha value is -2.74. The lowest BCUT2D eigenvalue weighted by molar-refractivity contribution is 0.0689. The molecule has 1 aromatic heterocycles. The maximum atomic E-state index is 12.8. The van der Waals surface area contributed by atoms with Crippen molar-refractivity contribution in [1.82, 2.24) is 25.2 Å². The summed E-state index contributed by atoms with van der Waals surface area (Å²) in [7, 11) is 1.58. The molecule has 1 aromatic carbocycles. The minimum atomic E-state index is -0.259. The van der Waals surface area contributed by atoms with E-state index in [0.29, 0.717) is 31.9 Å². The van der Waals surface area contributed by atoms with Crippen molar-refractivity contribution in [3.05, 3.63) is 46.8 Å². The zero-order chi connectivity index (χ0) is 20.1. The predicted octanol–water partition coefficient (Wildman–Crippen LogP) is 1.75. The van der Waals surface area contributed by atoms with Gasteiger partial charge in [0.2, 0.25) is 0 Å². The molecule has 1 aliphatic rings. The monoisotopic (exact) mass is 385 g/mol. The summed E-state index contributed by atoms with van der Waals surface area (Å²) in [6.07, 6.45) is 3.24. The van der Waals surface area contributed by atoms with Gasteiger partial charge in [-0.05, 0) is 38.8 Å². The van der Waals surface area contributed by atoms with Gasteiger partial charge in [0.05, 0.1) is 18.8 Å². The molecule has 28 heavy (non-hydrogen) atoms. The van der Waals surface area contributed by atoms with Gasteiger partial charge in [0.25, 0.3) is 11.8 Å². The predicted molar refractivity (Wildman–Crippen MR) is 104 cm³/mol. The van der Waals surface area contributed by atoms with Crippen LogP contribution in [0.15, 0.2) is 24.4 Å². The van der Waals surface area contributed by atoms with Crippen molar-refractivity contribution in [2.75, 3.05) is 33.4 Å². The number of carbonyl (C=O) groups excluding carboxylic acids is 2. The summed E-state index contributed by atoms with van der Waals surface area (Å²) in [5.41, 5.74) is 3.23. The van der Waals surface area contributed by atoms with E-state index >= 15 is 0 Å². The van der Waals surface area contributed by atoms with Crippen molar-refractivity contribution in [2.24, 2.45) is 0 Å². The van der Waals surface area contributed by atoms with E-state index in [-0.39, 0.29) is 17.9 Å². The molecule has 3 rings (SSSR count). The van der Waals surface area contributed by atoms with Crippen LogP contribution in [0.25, 0.3) is 0 Å². The third kappa shape index (κ3) is 4.75. The number of aromatic nitrogens is 3. The summed E-state index contributed by atoms with van der Waals surface area (Å²) in [5, 5.41) is 10.8. The summed E-state index contributed by atoms with van der Waals surface area (Å²) in [6, 6.07) is 6.08. The third-order valence-electron chi connectivity index (χ3n) is 4.93. The number of piperidine rings is 1. The summed E-state index contributed by atoms with van der Waals surface area (Å²) < 4.78 is 6.65. The van der Waals surface area contributed by atoms with Gasteiger partial charge in [-0.1, -0.05) is 22.4 Å². The molecule has 0 radical (unpaired) electrons. The number of rotatable bonds is 6. The first-order valence-corrected chi connectivity index (χ1v) is 9.54. The van der Waals surface area contributed by atoms with Gasteiger partial charge in [-0.3, -0.25) is 9.59 Å². The van der Waals surface area contributed by atoms with Crippen LogP contribution in [0, 0.1) is 13.8 Å². The summed E-state index contributed by atoms with van der Waals surface area (Å²) in [5.74, 6) is -0.187. The van der Waals surface area contributed by atoms with E-state index in [1.54, 1.807) is 18.0 Å². The molecule has 1 fully saturated rings. The van der Waals surface area contributed by atoms with Gasteiger partial charge in [-0.15, -0.1) is 5.10 Å². The molecule has 8 heteroatoms. The molecular formula is C20H27N5O3. The van der Waals surface area contributed by atoms with Gasteiger partial charge in [0.15, 0.2) is 5.69 Å². The number of hydrogen-bond acceptors (Lipinski definition) is 5. The fraction of sp³-hybridized carbons (Fsp3) is 0.500. The Morgan fingerprint density at radius 1 is 1.18 bits per heavy atom.